The summed E-state index contributed by atoms with van der Waals surface area (Å²) in [4.78, 5) is 12.1. The van der Waals surface area contributed by atoms with Crippen LogP contribution >= 0.6 is 15.9 Å². The van der Waals surface area contributed by atoms with Crippen molar-refractivity contribution in [3.63, 3.8) is 0 Å². The largest absolute Gasteiger partial charge is 0.272 e. The molecule has 21 heavy (non-hydrogen) atoms. The Bertz CT molecular complexity index is 707. The van der Waals surface area contributed by atoms with E-state index in [1.165, 1.54) is 5.56 Å². The summed E-state index contributed by atoms with van der Waals surface area (Å²) in [5, 5.41) is 4.22. The van der Waals surface area contributed by atoms with Crippen molar-refractivity contribution in [2.24, 2.45) is 5.10 Å². The van der Waals surface area contributed by atoms with E-state index >= 15 is 0 Å². The molecule has 4 heteroatoms. The van der Waals surface area contributed by atoms with Gasteiger partial charge in [-0.1, -0.05) is 57.9 Å². The standard InChI is InChI=1S/C17H15BrN2O/c1-11-3-2-4-13(9-11)16-10-15(17(21)20-19-16)12-5-7-14(18)8-6-12/h2-9,15H,10H2,1H3,(H,20,21). The van der Waals surface area contributed by atoms with Crippen molar-refractivity contribution >= 4 is 27.5 Å². The van der Waals surface area contributed by atoms with E-state index in [9.17, 15) is 4.79 Å². The summed E-state index contributed by atoms with van der Waals surface area (Å²) in [7, 11) is 0. The van der Waals surface area contributed by atoms with Gasteiger partial charge in [0, 0.05) is 10.9 Å². The highest BCUT2D eigenvalue weighted by molar-refractivity contribution is 9.10. The maximum atomic E-state index is 12.1. The van der Waals surface area contributed by atoms with Crippen molar-refractivity contribution in [1.29, 1.82) is 0 Å². The molecule has 106 valence electrons. The third kappa shape index (κ3) is 3.05. The number of aryl methyl sites for hydroxylation is 1. The van der Waals surface area contributed by atoms with E-state index in [2.05, 4.69) is 45.5 Å². The van der Waals surface area contributed by atoms with Crippen LogP contribution in [-0.4, -0.2) is 11.6 Å². The van der Waals surface area contributed by atoms with Crippen molar-refractivity contribution in [2.75, 3.05) is 0 Å². The topological polar surface area (TPSA) is 41.5 Å². The van der Waals surface area contributed by atoms with E-state index in [0.717, 1.165) is 21.3 Å². The first-order valence-corrected chi connectivity index (χ1v) is 7.62. The van der Waals surface area contributed by atoms with E-state index in [0.29, 0.717) is 6.42 Å². The van der Waals surface area contributed by atoms with Gasteiger partial charge in [0.05, 0.1) is 11.6 Å². The average Bonchev–Trinajstić information content (AvgIpc) is 2.49. The van der Waals surface area contributed by atoms with Crippen molar-refractivity contribution in [3.05, 3.63) is 69.7 Å². The van der Waals surface area contributed by atoms with Gasteiger partial charge >= 0.3 is 0 Å². The number of carbonyl (C=O) groups excluding carboxylic acids is 1. The highest BCUT2D eigenvalue weighted by Crippen LogP contribution is 2.26. The Balaban J connectivity index is 1.90. The molecular formula is C17H15BrN2O. The molecule has 1 atom stereocenters. The highest BCUT2D eigenvalue weighted by atomic mass is 79.9. The quantitative estimate of drug-likeness (QED) is 0.886. The van der Waals surface area contributed by atoms with Crippen molar-refractivity contribution in [3.8, 4) is 0 Å². The van der Waals surface area contributed by atoms with Gasteiger partial charge in [-0.15, -0.1) is 0 Å². The average molecular weight is 343 g/mol. The first-order valence-electron chi connectivity index (χ1n) is 6.82. The van der Waals surface area contributed by atoms with Gasteiger partial charge in [0.25, 0.3) is 0 Å². The molecule has 1 aliphatic rings. The number of nitrogens with one attached hydrogen (secondary N) is 1. The first kappa shape index (κ1) is 14.0. The number of rotatable bonds is 2. The summed E-state index contributed by atoms with van der Waals surface area (Å²) in [5.74, 6) is -0.236. The molecule has 0 bridgehead atoms. The van der Waals surface area contributed by atoms with Crippen LogP contribution in [0.5, 0.6) is 0 Å². The van der Waals surface area contributed by atoms with Crippen molar-refractivity contribution in [1.82, 2.24) is 5.43 Å². The zero-order chi connectivity index (χ0) is 14.8. The van der Waals surface area contributed by atoms with Gasteiger partial charge in [-0.3, -0.25) is 4.79 Å². The monoisotopic (exact) mass is 342 g/mol. The zero-order valence-corrected chi connectivity index (χ0v) is 13.2. The maximum Gasteiger partial charge on any atom is 0.248 e. The number of amides is 1. The van der Waals surface area contributed by atoms with Crippen molar-refractivity contribution in [2.45, 2.75) is 19.3 Å². The third-order valence-electron chi connectivity index (χ3n) is 3.64. The van der Waals surface area contributed by atoms with Gasteiger partial charge in [0.15, 0.2) is 0 Å². The summed E-state index contributed by atoms with van der Waals surface area (Å²) in [6.07, 6.45) is 0.622. The van der Waals surface area contributed by atoms with Gasteiger partial charge < -0.3 is 0 Å². The second-order valence-electron chi connectivity index (χ2n) is 5.21. The summed E-state index contributed by atoms with van der Waals surface area (Å²) in [5.41, 5.74) is 6.84. The second-order valence-corrected chi connectivity index (χ2v) is 6.13. The van der Waals surface area contributed by atoms with Gasteiger partial charge in [-0.2, -0.15) is 5.10 Å². The first-order chi connectivity index (χ1) is 10.1. The van der Waals surface area contributed by atoms with Crippen LogP contribution in [0.25, 0.3) is 0 Å². The van der Waals surface area contributed by atoms with Crippen LogP contribution in [0.3, 0.4) is 0 Å². The number of hydrogen-bond donors (Lipinski definition) is 1. The Morgan fingerprint density at radius 1 is 1.19 bits per heavy atom. The number of hydrazone groups is 1. The van der Waals surface area contributed by atoms with E-state index in [1.54, 1.807) is 0 Å². The minimum Gasteiger partial charge on any atom is -0.272 e. The molecule has 3 nitrogen and oxygen atoms in total. The van der Waals surface area contributed by atoms with Gasteiger partial charge in [-0.25, -0.2) is 5.43 Å². The zero-order valence-electron chi connectivity index (χ0n) is 11.6. The fourth-order valence-corrected chi connectivity index (χ4v) is 2.77. The minimum atomic E-state index is -0.189. The molecule has 0 saturated carbocycles. The van der Waals surface area contributed by atoms with E-state index < -0.39 is 0 Å². The molecule has 2 aromatic rings. The molecule has 0 fully saturated rings. The van der Waals surface area contributed by atoms with Crippen LogP contribution in [0.2, 0.25) is 0 Å². The molecular weight excluding hydrogens is 328 g/mol. The Morgan fingerprint density at radius 3 is 2.67 bits per heavy atom. The van der Waals surface area contributed by atoms with E-state index in [-0.39, 0.29) is 11.8 Å². The number of halogens is 1. The normalized spacial score (nSPS) is 18.1. The summed E-state index contributed by atoms with van der Waals surface area (Å²) in [6, 6.07) is 16.1. The molecule has 0 saturated heterocycles. The molecule has 1 amide bonds. The highest BCUT2D eigenvalue weighted by Gasteiger charge is 2.27. The van der Waals surface area contributed by atoms with Crippen LogP contribution in [-0.2, 0) is 4.79 Å². The Labute approximate surface area is 132 Å². The van der Waals surface area contributed by atoms with E-state index in [4.69, 9.17) is 0 Å². The predicted molar refractivity (Wildman–Crippen MR) is 87.4 cm³/mol. The lowest BCUT2D eigenvalue weighted by molar-refractivity contribution is -0.122. The summed E-state index contributed by atoms with van der Waals surface area (Å²) < 4.78 is 1.01. The number of hydrogen-bond acceptors (Lipinski definition) is 2. The lowest BCUT2D eigenvalue weighted by Gasteiger charge is -2.22. The lowest BCUT2D eigenvalue weighted by Crippen LogP contribution is -2.33. The van der Waals surface area contributed by atoms with Crippen LogP contribution in [0, 0.1) is 6.92 Å². The Hall–Kier alpha value is -1.94. The molecule has 1 aliphatic heterocycles. The Morgan fingerprint density at radius 2 is 1.95 bits per heavy atom. The molecule has 1 heterocycles. The molecule has 1 unspecified atom stereocenters. The molecule has 0 aliphatic carbocycles. The van der Waals surface area contributed by atoms with Crippen LogP contribution < -0.4 is 5.43 Å². The molecule has 0 aromatic heterocycles. The van der Waals surface area contributed by atoms with Gasteiger partial charge in [0.1, 0.15) is 0 Å². The summed E-state index contributed by atoms with van der Waals surface area (Å²) in [6.45, 7) is 2.05. The van der Waals surface area contributed by atoms with Crippen molar-refractivity contribution < 1.29 is 4.79 Å². The summed E-state index contributed by atoms with van der Waals surface area (Å²) >= 11 is 3.42. The molecule has 2 aromatic carbocycles. The van der Waals surface area contributed by atoms with Crippen LogP contribution in [0.4, 0.5) is 0 Å². The predicted octanol–water partition coefficient (Wildman–Crippen LogP) is 3.77. The fourth-order valence-electron chi connectivity index (χ4n) is 2.50. The van der Waals surface area contributed by atoms with Gasteiger partial charge in [-0.05, 0) is 30.2 Å². The maximum absolute atomic E-state index is 12.1. The van der Waals surface area contributed by atoms with Crippen LogP contribution in [0.1, 0.15) is 29.0 Å². The lowest BCUT2D eigenvalue weighted by atomic mass is 9.89. The SMILES string of the molecule is Cc1cccc(C2=NNC(=O)C(c3ccc(Br)cc3)C2)c1. The smallest absolute Gasteiger partial charge is 0.248 e. The molecule has 1 N–H and O–H groups in total. The number of benzene rings is 2. The number of carbonyl (C=O) groups is 1. The third-order valence-corrected chi connectivity index (χ3v) is 4.17. The Kier molecular flexibility index (Phi) is 3.88. The molecule has 0 spiro atoms. The minimum absolute atomic E-state index is 0.0475. The molecule has 3 rings (SSSR count). The second kappa shape index (κ2) is 5.82. The van der Waals surface area contributed by atoms with Crippen LogP contribution in [0.15, 0.2) is 58.1 Å². The molecule has 0 radical (unpaired) electrons. The fraction of sp³-hybridized carbons (Fsp3) is 0.176. The number of nitrogens with zero attached hydrogens (tertiary/aromatic N) is 1. The van der Waals surface area contributed by atoms with E-state index in [1.807, 2.05) is 36.4 Å². The van der Waals surface area contributed by atoms with Gasteiger partial charge in [0.2, 0.25) is 5.91 Å².